The van der Waals surface area contributed by atoms with Gasteiger partial charge in [0, 0.05) is 11.8 Å². The van der Waals surface area contributed by atoms with E-state index >= 15 is 0 Å². The van der Waals surface area contributed by atoms with E-state index < -0.39 is 5.54 Å². The van der Waals surface area contributed by atoms with Gasteiger partial charge in [-0.3, -0.25) is 4.79 Å². The van der Waals surface area contributed by atoms with Gasteiger partial charge in [0.15, 0.2) is 0 Å². The Bertz CT molecular complexity index is 434. The van der Waals surface area contributed by atoms with Crippen molar-refractivity contribution in [1.29, 1.82) is 0 Å². The lowest BCUT2D eigenvalue weighted by Crippen LogP contribution is -2.51. The molecule has 0 aromatic heterocycles. The minimum absolute atomic E-state index is 0.0307. The van der Waals surface area contributed by atoms with Crippen LogP contribution in [0.5, 0.6) is 0 Å². The number of rotatable bonds is 6. The average molecular weight is 302 g/mol. The van der Waals surface area contributed by atoms with Gasteiger partial charge in [0.1, 0.15) is 0 Å². The third-order valence-electron chi connectivity index (χ3n) is 3.45. The molecule has 0 saturated carbocycles. The van der Waals surface area contributed by atoms with Gasteiger partial charge in [-0.15, -0.1) is 23.2 Å². The number of aryl methyl sites for hydroxylation is 2. The van der Waals surface area contributed by atoms with Crippen molar-refractivity contribution in [2.24, 2.45) is 0 Å². The molecular weight excluding hydrogens is 281 g/mol. The van der Waals surface area contributed by atoms with Gasteiger partial charge in [-0.05, 0) is 31.4 Å². The van der Waals surface area contributed by atoms with E-state index in [0.717, 1.165) is 23.1 Å². The number of benzene rings is 1. The summed E-state index contributed by atoms with van der Waals surface area (Å²) in [4.78, 5) is 12.1. The van der Waals surface area contributed by atoms with Crippen molar-refractivity contribution in [3.8, 4) is 0 Å². The normalized spacial score (nSPS) is 11.4. The maximum atomic E-state index is 12.1. The van der Waals surface area contributed by atoms with Crippen LogP contribution in [0.1, 0.15) is 30.0 Å². The summed E-state index contributed by atoms with van der Waals surface area (Å²) < 4.78 is 0. The zero-order valence-corrected chi connectivity index (χ0v) is 13.2. The van der Waals surface area contributed by atoms with Crippen LogP contribution >= 0.6 is 23.2 Å². The van der Waals surface area contributed by atoms with Gasteiger partial charge in [0.05, 0.1) is 12.0 Å². The number of carbonyl (C=O) groups is 1. The zero-order valence-electron chi connectivity index (χ0n) is 11.7. The molecule has 0 bridgehead atoms. The Balaban J connectivity index is 2.77. The van der Waals surface area contributed by atoms with Crippen LogP contribution in [-0.4, -0.2) is 23.2 Å². The van der Waals surface area contributed by atoms with Crippen LogP contribution in [0.25, 0.3) is 0 Å². The Morgan fingerprint density at radius 1 is 1.26 bits per heavy atom. The fourth-order valence-electron chi connectivity index (χ4n) is 1.88. The summed E-state index contributed by atoms with van der Waals surface area (Å²) in [6, 6.07) is 6.13. The smallest absolute Gasteiger partial charge is 0.224 e. The molecule has 2 nitrogen and oxygen atoms in total. The molecule has 0 heterocycles. The monoisotopic (exact) mass is 301 g/mol. The quantitative estimate of drug-likeness (QED) is 0.799. The van der Waals surface area contributed by atoms with Gasteiger partial charge < -0.3 is 5.32 Å². The first-order valence-corrected chi connectivity index (χ1v) is 7.52. The van der Waals surface area contributed by atoms with Crippen LogP contribution < -0.4 is 5.32 Å². The molecule has 0 aliphatic carbocycles. The Hall–Kier alpha value is -0.730. The van der Waals surface area contributed by atoms with Crippen molar-refractivity contribution in [3.63, 3.8) is 0 Å². The predicted octanol–water partition coefficient (Wildman–Crippen LogP) is 3.59. The molecule has 0 aliphatic heterocycles. The second-order valence-electron chi connectivity index (χ2n) is 5.06. The minimum Gasteiger partial charge on any atom is -0.348 e. The number of halogens is 2. The summed E-state index contributed by atoms with van der Waals surface area (Å²) >= 11 is 11.9. The molecule has 1 rings (SSSR count). The lowest BCUT2D eigenvalue weighted by molar-refractivity contribution is -0.122. The third kappa shape index (κ3) is 4.39. The van der Waals surface area contributed by atoms with Gasteiger partial charge >= 0.3 is 0 Å². The number of hydrogen-bond donors (Lipinski definition) is 1. The number of nitrogens with one attached hydrogen (secondary N) is 1. The molecule has 1 amide bonds. The largest absolute Gasteiger partial charge is 0.348 e. The van der Waals surface area contributed by atoms with Crippen molar-refractivity contribution >= 4 is 29.1 Å². The first-order valence-electron chi connectivity index (χ1n) is 6.45. The highest BCUT2D eigenvalue weighted by atomic mass is 35.5. The summed E-state index contributed by atoms with van der Waals surface area (Å²) in [7, 11) is 0. The molecule has 0 fully saturated rings. The topological polar surface area (TPSA) is 29.1 Å². The van der Waals surface area contributed by atoms with Crippen molar-refractivity contribution in [1.82, 2.24) is 5.32 Å². The van der Waals surface area contributed by atoms with E-state index in [1.807, 2.05) is 39.0 Å². The Labute approximate surface area is 125 Å². The number of amides is 1. The molecular formula is C15H21Cl2NO. The molecule has 0 aliphatic rings. The van der Waals surface area contributed by atoms with Gasteiger partial charge in [-0.2, -0.15) is 0 Å². The van der Waals surface area contributed by atoms with Crippen LogP contribution in [0, 0.1) is 13.8 Å². The highest BCUT2D eigenvalue weighted by Gasteiger charge is 2.28. The summed E-state index contributed by atoms with van der Waals surface area (Å²) in [5, 5.41) is 2.97. The highest BCUT2D eigenvalue weighted by Crippen LogP contribution is 2.16. The molecule has 1 N–H and O–H groups in total. The summed E-state index contributed by atoms with van der Waals surface area (Å²) in [6.45, 7) is 6.01. The van der Waals surface area contributed by atoms with Crippen LogP contribution in [-0.2, 0) is 11.2 Å². The second kappa shape index (κ2) is 7.16. The van der Waals surface area contributed by atoms with Crippen molar-refractivity contribution in [2.75, 3.05) is 11.8 Å². The molecule has 0 saturated heterocycles. The fourth-order valence-corrected chi connectivity index (χ4v) is 2.68. The lowest BCUT2D eigenvalue weighted by Gasteiger charge is -2.29. The first-order chi connectivity index (χ1) is 8.96. The fraction of sp³-hybridized carbons (Fsp3) is 0.533. The number of carbonyl (C=O) groups excluding carboxylic acids is 1. The van der Waals surface area contributed by atoms with Gasteiger partial charge in [0.2, 0.25) is 5.91 Å². The molecule has 1 aromatic rings. The van der Waals surface area contributed by atoms with E-state index in [1.54, 1.807) is 0 Å². The maximum Gasteiger partial charge on any atom is 0.224 e. The summed E-state index contributed by atoms with van der Waals surface area (Å²) in [5.41, 5.74) is 2.83. The molecule has 4 heteroatoms. The predicted molar refractivity (Wildman–Crippen MR) is 82.2 cm³/mol. The van der Waals surface area contributed by atoms with E-state index in [4.69, 9.17) is 23.2 Å². The summed E-state index contributed by atoms with van der Waals surface area (Å²) in [5.74, 6) is 0.619. The molecule has 0 radical (unpaired) electrons. The zero-order chi connectivity index (χ0) is 14.5. The first kappa shape index (κ1) is 16.3. The molecule has 19 heavy (non-hydrogen) atoms. The van der Waals surface area contributed by atoms with Gasteiger partial charge in [-0.25, -0.2) is 0 Å². The van der Waals surface area contributed by atoms with Crippen molar-refractivity contribution in [2.45, 2.75) is 39.2 Å². The van der Waals surface area contributed by atoms with Crippen molar-refractivity contribution in [3.05, 3.63) is 34.9 Å². The van der Waals surface area contributed by atoms with E-state index in [-0.39, 0.29) is 5.91 Å². The van der Waals surface area contributed by atoms with Crippen molar-refractivity contribution < 1.29 is 4.79 Å². The van der Waals surface area contributed by atoms with Crippen LogP contribution in [0.3, 0.4) is 0 Å². The number of hydrogen-bond acceptors (Lipinski definition) is 1. The molecule has 0 spiro atoms. The van der Waals surface area contributed by atoms with E-state index in [2.05, 4.69) is 5.32 Å². The third-order valence-corrected chi connectivity index (χ3v) is 4.47. The molecule has 106 valence electrons. The Morgan fingerprint density at radius 3 is 2.42 bits per heavy atom. The Kier molecular flexibility index (Phi) is 6.15. The standard InChI is InChI=1S/C15H21Cl2NO/c1-4-15(9-16,10-17)18-14(19)8-13-7-11(2)5-6-12(13)3/h5-7H,4,8-10H2,1-3H3,(H,18,19). The van der Waals surface area contributed by atoms with Crippen LogP contribution in [0.4, 0.5) is 0 Å². The van der Waals surface area contributed by atoms with Gasteiger partial charge in [-0.1, -0.05) is 30.7 Å². The SMILES string of the molecule is CCC(CCl)(CCl)NC(=O)Cc1cc(C)ccc1C. The molecule has 1 aromatic carbocycles. The summed E-state index contributed by atoms with van der Waals surface area (Å²) in [6.07, 6.45) is 1.08. The van der Waals surface area contributed by atoms with E-state index in [9.17, 15) is 4.79 Å². The number of alkyl halides is 2. The second-order valence-corrected chi connectivity index (χ2v) is 5.59. The lowest BCUT2D eigenvalue weighted by atomic mass is 9.99. The molecule has 0 unspecified atom stereocenters. The minimum atomic E-state index is -0.502. The average Bonchev–Trinajstić information content (AvgIpc) is 2.40. The van der Waals surface area contributed by atoms with Crippen LogP contribution in [0.15, 0.2) is 18.2 Å². The van der Waals surface area contributed by atoms with E-state index in [0.29, 0.717) is 18.2 Å². The molecule has 0 atom stereocenters. The highest BCUT2D eigenvalue weighted by molar-refractivity contribution is 6.22. The Morgan fingerprint density at radius 2 is 1.89 bits per heavy atom. The van der Waals surface area contributed by atoms with Crippen LogP contribution in [0.2, 0.25) is 0 Å². The maximum absolute atomic E-state index is 12.1. The van der Waals surface area contributed by atoms with Gasteiger partial charge in [0.25, 0.3) is 0 Å². The van der Waals surface area contributed by atoms with E-state index in [1.165, 1.54) is 0 Å².